The largest absolute Gasteiger partial charge is 0.377 e. The lowest BCUT2D eigenvalue weighted by atomic mass is 10.1. The van der Waals surface area contributed by atoms with Gasteiger partial charge in [-0.2, -0.15) is 0 Å². The van der Waals surface area contributed by atoms with E-state index in [-0.39, 0.29) is 0 Å². The number of nitrogens with two attached hydrogens (primary N) is 1. The lowest BCUT2D eigenvalue weighted by Crippen LogP contribution is -2.08. The summed E-state index contributed by atoms with van der Waals surface area (Å²) in [5.74, 6) is 0. The highest BCUT2D eigenvalue weighted by Crippen LogP contribution is 2.12. The first-order chi connectivity index (χ1) is 4.93. The van der Waals surface area contributed by atoms with Crippen molar-refractivity contribution in [2.24, 2.45) is 5.73 Å². The Hall–Kier alpha value is -0.340. The Morgan fingerprint density at radius 2 is 2.50 bits per heavy atom. The summed E-state index contributed by atoms with van der Waals surface area (Å²) >= 11 is 0. The molecule has 0 aliphatic carbocycles. The summed E-state index contributed by atoms with van der Waals surface area (Å²) in [7, 11) is 0. The van der Waals surface area contributed by atoms with Crippen molar-refractivity contribution < 1.29 is 4.74 Å². The highest BCUT2D eigenvalue weighted by Gasteiger charge is 2.03. The molecular formula is C8H15NO. The minimum atomic E-state index is 0.753. The Morgan fingerprint density at radius 3 is 3.10 bits per heavy atom. The van der Waals surface area contributed by atoms with Gasteiger partial charge in [0.2, 0.25) is 0 Å². The van der Waals surface area contributed by atoms with Crippen LogP contribution in [0.3, 0.4) is 0 Å². The topological polar surface area (TPSA) is 35.2 Å². The zero-order chi connectivity index (χ0) is 7.23. The predicted molar refractivity (Wildman–Crippen MR) is 41.8 cm³/mol. The lowest BCUT2D eigenvalue weighted by molar-refractivity contribution is 0.129. The van der Waals surface area contributed by atoms with E-state index >= 15 is 0 Å². The Bertz CT molecular complexity index is 112. The van der Waals surface area contributed by atoms with Crippen LogP contribution in [0, 0.1) is 0 Å². The monoisotopic (exact) mass is 141 g/mol. The van der Waals surface area contributed by atoms with Gasteiger partial charge in [-0.25, -0.2) is 0 Å². The van der Waals surface area contributed by atoms with Gasteiger partial charge in [0, 0.05) is 6.61 Å². The van der Waals surface area contributed by atoms with E-state index in [0.717, 1.165) is 26.2 Å². The maximum absolute atomic E-state index is 5.36. The van der Waals surface area contributed by atoms with Crippen LogP contribution in [0.15, 0.2) is 11.6 Å². The van der Waals surface area contributed by atoms with Gasteiger partial charge >= 0.3 is 0 Å². The summed E-state index contributed by atoms with van der Waals surface area (Å²) in [5, 5.41) is 0. The molecule has 0 unspecified atom stereocenters. The van der Waals surface area contributed by atoms with E-state index in [1.54, 1.807) is 0 Å². The summed E-state index contributed by atoms with van der Waals surface area (Å²) in [5.41, 5.74) is 6.79. The second kappa shape index (κ2) is 4.47. The molecule has 2 nitrogen and oxygen atoms in total. The first kappa shape index (κ1) is 7.76. The maximum atomic E-state index is 5.36. The fraction of sp³-hybridized carbons (Fsp3) is 0.750. The van der Waals surface area contributed by atoms with Crippen LogP contribution < -0.4 is 5.73 Å². The van der Waals surface area contributed by atoms with E-state index in [1.807, 2.05) is 0 Å². The van der Waals surface area contributed by atoms with Crippen molar-refractivity contribution in [3.63, 3.8) is 0 Å². The zero-order valence-electron chi connectivity index (χ0n) is 6.31. The van der Waals surface area contributed by atoms with Crippen LogP contribution in [0.25, 0.3) is 0 Å². The van der Waals surface area contributed by atoms with Gasteiger partial charge in [-0.3, -0.25) is 0 Å². The highest BCUT2D eigenvalue weighted by molar-refractivity contribution is 5.03. The minimum absolute atomic E-state index is 0.753. The molecule has 10 heavy (non-hydrogen) atoms. The van der Waals surface area contributed by atoms with Crippen LogP contribution in [0.4, 0.5) is 0 Å². The molecule has 1 fully saturated rings. The second-order valence-corrected chi connectivity index (χ2v) is 2.60. The van der Waals surface area contributed by atoms with Gasteiger partial charge in [0.25, 0.3) is 0 Å². The van der Waals surface area contributed by atoms with Crippen LogP contribution in [-0.2, 0) is 4.74 Å². The van der Waals surface area contributed by atoms with E-state index in [2.05, 4.69) is 6.08 Å². The van der Waals surface area contributed by atoms with E-state index in [9.17, 15) is 0 Å². The van der Waals surface area contributed by atoms with Crippen molar-refractivity contribution in [3.8, 4) is 0 Å². The molecule has 2 N–H and O–H groups in total. The third kappa shape index (κ3) is 2.50. The number of ether oxygens (including phenoxy) is 1. The first-order valence-corrected chi connectivity index (χ1v) is 3.89. The molecule has 1 aliphatic heterocycles. The normalized spacial score (nSPS) is 23.5. The molecule has 0 aromatic heterocycles. The van der Waals surface area contributed by atoms with E-state index < -0.39 is 0 Å². The molecule has 1 aliphatic rings. The quantitative estimate of drug-likeness (QED) is 0.584. The SMILES string of the molecule is NCC/C=C1/CCCOC1. The summed E-state index contributed by atoms with van der Waals surface area (Å²) in [6.45, 7) is 2.52. The van der Waals surface area contributed by atoms with Crippen molar-refractivity contribution in [2.75, 3.05) is 19.8 Å². The number of hydrogen-bond donors (Lipinski definition) is 1. The Balaban J connectivity index is 2.23. The van der Waals surface area contributed by atoms with Crippen molar-refractivity contribution in [2.45, 2.75) is 19.3 Å². The van der Waals surface area contributed by atoms with Gasteiger partial charge in [-0.15, -0.1) is 0 Å². The fourth-order valence-electron chi connectivity index (χ4n) is 1.13. The molecule has 1 heterocycles. The van der Waals surface area contributed by atoms with Gasteiger partial charge in [-0.05, 0) is 31.4 Å². The molecule has 1 saturated heterocycles. The van der Waals surface area contributed by atoms with Crippen LogP contribution >= 0.6 is 0 Å². The maximum Gasteiger partial charge on any atom is 0.0676 e. The van der Waals surface area contributed by atoms with Crippen LogP contribution in [0.1, 0.15) is 19.3 Å². The smallest absolute Gasteiger partial charge is 0.0676 e. The lowest BCUT2D eigenvalue weighted by Gasteiger charge is -2.14. The van der Waals surface area contributed by atoms with Gasteiger partial charge in [0.15, 0.2) is 0 Å². The molecule has 0 atom stereocenters. The van der Waals surface area contributed by atoms with Crippen molar-refractivity contribution in [1.29, 1.82) is 0 Å². The van der Waals surface area contributed by atoms with Crippen molar-refractivity contribution in [3.05, 3.63) is 11.6 Å². The third-order valence-electron chi connectivity index (χ3n) is 1.67. The van der Waals surface area contributed by atoms with Crippen LogP contribution in [0.2, 0.25) is 0 Å². The van der Waals surface area contributed by atoms with Gasteiger partial charge in [0.1, 0.15) is 0 Å². The second-order valence-electron chi connectivity index (χ2n) is 2.60. The molecule has 2 heteroatoms. The molecule has 1 rings (SSSR count). The highest BCUT2D eigenvalue weighted by atomic mass is 16.5. The summed E-state index contributed by atoms with van der Waals surface area (Å²) < 4.78 is 5.27. The van der Waals surface area contributed by atoms with Gasteiger partial charge in [-0.1, -0.05) is 6.08 Å². The fourth-order valence-corrected chi connectivity index (χ4v) is 1.13. The third-order valence-corrected chi connectivity index (χ3v) is 1.67. The van der Waals surface area contributed by atoms with E-state index in [1.165, 1.54) is 18.4 Å². The Labute approximate surface area is 62.1 Å². The summed E-state index contributed by atoms with van der Waals surface area (Å²) in [6.07, 6.45) is 5.59. The summed E-state index contributed by atoms with van der Waals surface area (Å²) in [4.78, 5) is 0. The molecule has 0 saturated carbocycles. The molecule has 0 radical (unpaired) electrons. The molecule has 0 amide bonds. The van der Waals surface area contributed by atoms with Crippen molar-refractivity contribution in [1.82, 2.24) is 0 Å². The molecule has 0 spiro atoms. The average Bonchev–Trinajstić information content (AvgIpc) is 2.03. The molecule has 0 aromatic carbocycles. The summed E-state index contributed by atoms with van der Waals surface area (Å²) in [6, 6.07) is 0. The van der Waals surface area contributed by atoms with Crippen LogP contribution in [-0.4, -0.2) is 19.8 Å². The number of hydrogen-bond acceptors (Lipinski definition) is 2. The average molecular weight is 141 g/mol. The standard InChI is InChI=1S/C8H15NO/c9-5-1-3-8-4-2-6-10-7-8/h3H,1-2,4-7,9H2/b8-3-. The molecule has 58 valence electrons. The minimum Gasteiger partial charge on any atom is -0.377 e. The Kier molecular flexibility index (Phi) is 3.47. The molecule has 0 bridgehead atoms. The first-order valence-electron chi connectivity index (χ1n) is 3.89. The van der Waals surface area contributed by atoms with Crippen molar-refractivity contribution >= 4 is 0 Å². The van der Waals surface area contributed by atoms with Crippen LogP contribution in [0.5, 0.6) is 0 Å². The van der Waals surface area contributed by atoms with Gasteiger partial charge < -0.3 is 10.5 Å². The van der Waals surface area contributed by atoms with E-state index in [4.69, 9.17) is 10.5 Å². The number of rotatable bonds is 2. The van der Waals surface area contributed by atoms with Gasteiger partial charge in [0.05, 0.1) is 6.61 Å². The van der Waals surface area contributed by atoms with E-state index in [0.29, 0.717) is 0 Å². The zero-order valence-corrected chi connectivity index (χ0v) is 6.31. The Morgan fingerprint density at radius 1 is 1.60 bits per heavy atom. The molecule has 0 aromatic rings. The molecular weight excluding hydrogens is 126 g/mol. The predicted octanol–water partition coefficient (Wildman–Crippen LogP) is 1.07.